The number of azo groups is 1. The molecule has 0 spiro atoms. The lowest BCUT2D eigenvalue weighted by Crippen LogP contribution is -2.13. The first-order valence-electron chi connectivity index (χ1n) is 14.9. The largest absolute Gasteiger partial charge is 0.385 e. The molecule has 0 atom stereocenters. The number of para-hydroxylation sites is 1. The quantitative estimate of drug-likeness (QED) is 0.0794. The number of rotatable bonds is 15. The number of hydrogen-bond donors (Lipinski definition) is 3. The van der Waals surface area contributed by atoms with Crippen LogP contribution in [-0.4, -0.2) is 65.3 Å². The Balaban J connectivity index is 1.56. The normalized spacial score (nSPS) is 11.3. The number of nitrogens with zero attached hydrogens (tertiary/aromatic N) is 8. The highest BCUT2D eigenvalue weighted by Gasteiger charge is 2.19. The fourth-order valence-electron chi connectivity index (χ4n) is 4.85. The molecule has 0 unspecified atom stereocenters. The van der Waals surface area contributed by atoms with Gasteiger partial charge in [0.15, 0.2) is 17.3 Å². The monoisotopic (exact) mass is 639 g/mol. The van der Waals surface area contributed by atoms with Crippen molar-refractivity contribution in [2.75, 3.05) is 56.5 Å². The summed E-state index contributed by atoms with van der Waals surface area (Å²) in [6.07, 6.45) is 3.14. The highest BCUT2D eigenvalue weighted by atomic mass is 32.1. The highest BCUT2D eigenvalue weighted by Crippen LogP contribution is 2.37. The van der Waals surface area contributed by atoms with E-state index >= 15 is 0 Å². The van der Waals surface area contributed by atoms with Gasteiger partial charge in [-0.15, -0.1) is 15.3 Å². The third kappa shape index (κ3) is 7.81. The van der Waals surface area contributed by atoms with Gasteiger partial charge in [-0.25, -0.2) is 9.67 Å². The molecule has 0 fully saturated rings. The zero-order valence-corrected chi connectivity index (χ0v) is 27.4. The van der Waals surface area contributed by atoms with Crippen LogP contribution in [0.25, 0.3) is 15.3 Å². The number of methoxy groups -OCH3 is 2. The molecule has 3 N–H and O–H groups in total. The molecule has 0 saturated carbocycles. The van der Waals surface area contributed by atoms with Gasteiger partial charge in [0.05, 0.1) is 16.4 Å². The minimum absolute atomic E-state index is 0.155. The van der Waals surface area contributed by atoms with Crippen molar-refractivity contribution < 1.29 is 9.47 Å². The molecule has 46 heavy (non-hydrogen) atoms. The van der Waals surface area contributed by atoms with Gasteiger partial charge in [-0.2, -0.15) is 15.2 Å². The van der Waals surface area contributed by atoms with Gasteiger partial charge in [0.2, 0.25) is 16.9 Å². The van der Waals surface area contributed by atoms with E-state index in [1.54, 1.807) is 25.1 Å². The lowest BCUT2D eigenvalue weighted by Gasteiger charge is -2.18. The number of benzene rings is 2. The molecule has 0 saturated heterocycles. The van der Waals surface area contributed by atoms with Crippen LogP contribution in [0.15, 0.2) is 52.8 Å². The number of nitriles is 1. The second-order valence-corrected chi connectivity index (χ2v) is 11.6. The van der Waals surface area contributed by atoms with Crippen molar-refractivity contribution in [1.82, 2.24) is 24.7 Å². The molecule has 3 aromatic heterocycles. The van der Waals surface area contributed by atoms with Gasteiger partial charge in [0.25, 0.3) is 0 Å². The summed E-state index contributed by atoms with van der Waals surface area (Å²) in [7, 11) is 3.34. The Kier molecular flexibility index (Phi) is 10.8. The molecule has 14 heteroatoms. The van der Waals surface area contributed by atoms with Crippen LogP contribution < -0.4 is 16.0 Å². The van der Waals surface area contributed by atoms with Crippen LogP contribution in [-0.2, 0) is 9.47 Å². The van der Waals surface area contributed by atoms with Gasteiger partial charge >= 0.3 is 0 Å². The van der Waals surface area contributed by atoms with Crippen molar-refractivity contribution in [3.63, 3.8) is 0 Å². The third-order valence-corrected chi connectivity index (χ3v) is 8.00. The number of nitrogens with one attached hydrogen (secondary N) is 3. The van der Waals surface area contributed by atoms with Crippen LogP contribution in [0.4, 0.5) is 34.8 Å². The summed E-state index contributed by atoms with van der Waals surface area (Å²) in [6, 6.07) is 14.2. The summed E-state index contributed by atoms with van der Waals surface area (Å²) in [6.45, 7) is 8.55. The summed E-state index contributed by atoms with van der Waals surface area (Å²) in [4.78, 5) is 14.2. The molecule has 0 amide bonds. The Bertz CT molecular complexity index is 1820. The minimum Gasteiger partial charge on any atom is -0.385 e. The highest BCUT2D eigenvalue weighted by molar-refractivity contribution is 7.20. The maximum atomic E-state index is 9.93. The fraction of sp³-hybridized carbons (Fsp3) is 0.344. The van der Waals surface area contributed by atoms with Gasteiger partial charge in [-0.05, 0) is 56.9 Å². The smallest absolute Gasteiger partial charge is 0.226 e. The minimum atomic E-state index is 0.155. The predicted molar refractivity (Wildman–Crippen MR) is 182 cm³/mol. The molecule has 5 rings (SSSR count). The Hall–Kier alpha value is -4.97. The Labute approximate surface area is 271 Å². The van der Waals surface area contributed by atoms with E-state index in [4.69, 9.17) is 19.4 Å². The molecular formula is C32H37N11O2S. The van der Waals surface area contributed by atoms with E-state index in [0.29, 0.717) is 54.7 Å². The van der Waals surface area contributed by atoms with Crippen LogP contribution in [0.3, 0.4) is 0 Å². The van der Waals surface area contributed by atoms with Crippen LogP contribution in [0.1, 0.15) is 35.1 Å². The first kappa shape index (κ1) is 32.4. The number of fused-ring (bicyclic) bond motifs is 1. The molecule has 13 nitrogen and oxygen atoms in total. The molecule has 2 aromatic carbocycles. The topological polar surface area (TPSA) is 160 Å². The van der Waals surface area contributed by atoms with E-state index in [1.807, 2.05) is 38.1 Å². The van der Waals surface area contributed by atoms with Crippen molar-refractivity contribution >= 4 is 56.3 Å². The number of anilines is 4. The van der Waals surface area contributed by atoms with Crippen molar-refractivity contribution in [2.45, 2.75) is 33.6 Å². The van der Waals surface area contributed by atoms with E-state index in [1.165, 1.54) is 11.3 Å². The van der Waals surface area contributed by atoms with Crippen molar-refractivity contribution in [2.24, 2.45) is 10.2 Å². The third-order valence-electron chi connectivity index (χ3n) is 6.97. The van der Waals surface area contributed by atoms with Crippen molar-refractivity contribution in [3.8, 4) is 11.2 Å². The Morgan fingerprint density at radius 1 is 0.913 bits per heavy atom. The summed E-state index contributed by atoms with van der Waals surface area (Å²) in [5.41, 5.74) is 5.68. The number of aromatic nitrogens is 5. The molecule has 3 heterocycles. The van der Waals surface area contributed by atoms with Gasteiger partial charge in [0, 0.05) is 46.2 Å². The van der Waals surface area contributed by atoms with Crippen LogP contribution in [0.2, 0.25) is 0 Å². The van der Waals surface area contributed by atoms with Crippen LogP contribution in [0.5, 0.6) is 0 Å². The molecule has 5 aromatic rings. The lowest BCUT2D eigenvalue weighted by molar-refractivity contribution is 0.197. The van der Waals surface area contributed by atoms with Crippen LogP contribution in [0, 0.1) is 32.1 Å². The summed E-state index contributed by atoms with van der Waals surface area (Å²) in [5.74, 6) is 1.49. The molecule has 0 aliphatic rings. The summed E-state index contributed by atoms with van der Waals surface area (Å²) >= 11 is 1.47. The van der Waals surface area contributed by atoms with Gasteiger partial charge < -0.3 is 25.4 Å². The fourth-order valence-corrected chi connectivity index (χ4v) is 5.74. The van der Waals surface area contributed by atoms with Crippen molar-refractivity contribution in [1.29, 1.82) is 5.26 Å². The van der Waals surface area contributed by atoms with Crippen molar-refractivity contribution in [3.05, 3.63) is 64.8 Å². The van der Waals surface area contributed by atoms with E-state index in [-0.39, 0.29) is 11.4 Å². The zero-order chi connectivity index (χ0) is 32.5. The summed E-state index contributed by atoms with van der Waals surface area (Å²) < 4.78 is 13.0. The first-order chi connectivity index (χ1) is 22.4. The van der Waals surface area contributed by atoms with Gasteiger partial charge in [-0.3, -0.25) is 0 Å². The predicted octanol–water partition coefficient (Wildman–Crippen LogP) is 7.12. The number of ether oxygens (including phenoxy) is 2. The summed E-state index contributed by atoms with van der Waals surface area (Å²) in [5, 5.41) is 34.3. The average Bonchev–Trinajstić information content (AvgIpc) is 3.67. The number of aryl methyl sites for hydroxylation is 3. The molecular weight excluding hydrogens is 602 g/mol. The van der Waals surface area contributed by atoms with E-state index in [9.17, 15) is 5.26 Å². The SMILES string of the molecule is COCCCNc1nc(NCCCOC)c(N=Nc2nn(-c3nc4ccccc4s3)cc2C#N)c(Nc2c(C)cc(C)cc2C)n1. The molecule has 0 radical (unpaired) electrons. The molecule has 238 valence electrons. The van der Waals surface area contributed by atoms with E-state index < -0.39 is 0 Å². The molecule has 0 aliphatic heterocycles. The standard InChI is InChI=1S/C32H37N11O2S/c1-20-16-21(2)26(22(3)17-20)37-30-27(29(34-12-8-14-44-4)38-31(39-30)35-13-9-15-45-5)40-41-28-23(18-33)19-43(42-28)32-36-24-10-6-7-11-25(24)46-32/h6-7,10-11,16-17,19H,8-9,12-15H2,1-5H3,(H3,34,35,37,38,39). The maximum Gasteiger partial charge on any atom is 0.226 e. The molecule has 0 aliphatic carbocycles. The van der Waals surface area contributed by atoms with E-state index in [0.717, 1.165) is 45.4 Å². The van der Waals surface area contributed by atoms with Gasteiger partial charge in [-0.1, -0.05) is 41.2 Å². The second-order valence-electron chi connectivity index (χ2n) is 10.6. The number of thiazole rings is 1. The molecule has 0 bridgehead atoms. The zero-order valence-electron chi connectivity index (χ0n) is 26.6. The Morgan fingerprint density at radius 3 is 2.30 bits per heavy atom. The second kappa shape index (κ2) is 15.3. The maximum absolute atomic E-state index is 9.93. The van der Waals surface area contributed by atoms with Gasteiger partial charge in [0.1, 0.15) is 11.6 Å². The average molecular weight is 640 g/mol. The van der Waals surface area contributed by atoms with Crippen LogP contribution >= 0.6 is 11.3 Å². The van der Waals surface area contributed by atoms with E-state index in [2.05, 4.69) is 61.4 Å². The lowest BCUT2D eigenvalue weighted by atomic mass is 10.1. The Morgan fingerprint density at radius 2 is 1.61 bits per heavy atom. The first-order valence-corrected chi connectivity index (χ1v) is 15.7. The number of hydrogen-bond acceptors (Lipinski definition) is 13.